The van der Waals surface area contributed by atoms with E-state index in [1.165, 1.54) is 11.1 Å². The van der Waals surface area contributed by atoms with Gasteiger partial charge < -0.3 is 14.5 Å². The summed E-state index contributed by atoms with van der Waals surface area (Å²) in [6.45, 7) is 3.87. The van der Waals surface area contributed by atoms with Crippen molar-refractivity contribution in [2.45, 2.75) is 38.8 Å². The molecule has 0 saturated carbocycles. The fraction of sp³-hybridized carbons (Fsp3) is 0.304. The molecule has 3 aromatic rings. The van der Waals surface area contributed by atoms with Gasteiger partial charge in [-0.15, -0.1) is 0 Å². The highest BCUT2D eigenvalue weighted by atomic mass is 16.5. The van der Waals surface area contributed by atoms with Gasteiger partial charge in [-0.25, -0.2) is 4.98 Å². The van der Waals surface area contributed by atoms with Crippen molar-refractivity contribution >= 4 is 0 Å². The van der Waals surface area contributed by atoms with E-state index in [1.54, 1.807) is 18.3 Å². The number of rotatable bonds is 5. The maximum Gasteiger partial charge on any atom is 0.226 e. The largest absolute Gasteiger partial charge is 0.490 e. The number of hydrogen-bond donors (Lipinski definition) is 1. The van der Waals surface area contributed by atoms with Crippen LogP contribution < -0.4 is 10.1 Å². The molecule has 1 aliphatic rings. The number of nitrogens with one attached hydrogen (secondary N) is 1. The molecule has 4 rings (SSSR count). The average Bonchev–Trinajstić information content (AvgIpc) is 3.34. The molecule has 0 aliphatic heterocycles. The molecule has 0 spiro atoms. The van der Waals surface area contributed by atoms with E-state index >= 15 is 0 Å². The predicted molar refractivity (Wildman–Crippen MR) is 108 cm³/mol. The lowest BCUT2D eigenvalue weighted by atomic mass is 10.0. The second-order valence-electron chi connectivity index (χ2n) is 7.27. The Morgan fingerprint density at radius 1 is 1.29 bits per heavy atom. The minimum Gasteiger partial charge on any atom is -0.490 e. The molecular formula is C23H23N3O2. The Balaban J connectivity index is 1.68. The van der Waals surface area contributed by atoms with Crippen LogP contribution in [0.3, 0.4) is 0 Å². The number of fused-ring (bicyclic) bond motifs is 1. The van der Waals surface area contributed by atoms with Gasteiger partial charge in [0.25, 0.3) is 0 Å². The molecule has 0 amide bonds. The minimum atomic E-state index is 0.00732. The number of hydrogen-bond acceptors (Lipinski definition) is 5. The molecule has 0 unspecified atom stereocenters. The standard InChI is InChI=1S/C23H23N3O2/c1-14(2)27-21-10-7-15(11-16(21)12-24)23-26-13-22(28-23)19-6-4-5-18-17(19)8-9-20(18)25-3/h4-7,10-11,13-14,20,25H,8-9H2,1-3H3/t20-/m1/s1. The maximum absolute atomic E-state index is 9.45. The molecule has 2 aromatic carbocycles. The van der Waals surface area contributed by atoms with Gasteiger partial charge in [-0.05, 0) is 63.1 Å². The van der Waals surface area contributed by atoms with Crippen LogP contribution in [0.1, 0.15) is 43.0 Å². The topological polar surface area (TPSA) is 71.1 Å². The first kappa shape index (κ1) is 18.3. The molecule has 1 atom stereocenters. The number of nitrogens with zero attached hydrogens (tertiary/aromatic N) is 2. The monoisotopic (exact) mass is 373 g/mol. The lowest BCUT2D eigenvalue weighted by molar-refractivity contribution is 0.242. The average molecular weight is 373 g/mol. The van der Waals surface area contributed by atoms with Crippen LogP contribution in [0.25, 0.3) is 22.8 Å². The highest BCUT2D eigenvalue weighted by Crippen LogP contribution is 2.38. The SMILES string of the molecule is CN[C@@H]1CCc2c(-c3cnc(-c4ccc(OC(C)C)c(C#N)c4)o3)cccc21. The Bertz CT molecular complexity index is 1050. The molecule has 1 N–H and O–H groups in total. The Morgan fingerprint density at radius 3 is 2.89 bits per heavy atom. The molecule has 0 bridgehead atoms. The van der Waals surface area contributed by atoms with Gasteiger partial charge in [0.05, 0.1) is 17.9 Å². The number of ether oxygens (including phenoxy) is 1. The van der Waals surface area contributed by atoms with Crippen LogP contribution in [0.5, 0.6) is 5.75 Å². The number of aromatic nitrogens is 1. The second kappa shape index (κ2) is 7.49. The first-order valence-electron chi connectivity index (χ1n) is 9.57. The van der Waals surface area contributed by atoms with E-state index in [0.29, 0.717) is 23.2 Å². The van der Waals surface area contributed by atoms with E-state index in [4.69, 9.17) is 9.15 Å². The van der Waals surface area contributed by atoms with Crippen molar-refractivity contribution in [1.29, 1.82) is 5.26 Å². The maximum atomic E-state index is 9.45. The van der Waals surface area contributed by atoms with Crippen molar-refractivity contribution in [2.24, 2.45) is 0 Å². The molecule has 0 radical (unpaired) electrons. The van der Waals surface area contributed by atoms with Crippen molar-refractivity contribution in [3.05, 3.63) is 59.3 Å². The third-order valence-electron chi connectivity index (χ3n) is 5.10. The Labute approximate surface area is 165 Å². The van der Waals surface area contributed by atoms with Gasteiger partial charge in [0.15, 0.2) is 5.76 Å². The quantitative estimate of drug-likeness (QED) is 0.690. The fourth-order valence-corrected chi connectivity index (χ4v) is 3.82. The van der Waals surface area contributed by atoms with E-state index in [0.717, 1.165) is 29.7 Å². The molecular weight excluding hydrogens is 350 g/mol. The molecule has 0 saturated heterocycles. The summed E-state index contributed by atoms with van der Waals surface area (Å²) in [5.41, 5.74) is 4.99. The summed E-state index contributed by atoms with van der Waals surface area (Å²) in [7, 11) is 2.00. The second-order valence-corrected chi connectivity index (χ2v) is 7.27. The van der Waals surface area contributed by atoms with Gasteiger partial charge in [0.2, 0.25) is 5.89 Å². The lowest BCUT2D eigenvalue weighted by Gasteiger charge is -2.11. The summed E-state index contributed by atoms with van der Waals surface area (Å²) in [6, 6.07) is 14.4. The summed E-state index contributed by atoms with van der Waals surface area (Å²) in [5.74, 6) is 1.83. The van der Waals surface area contributed by atoms with E-state index in [1.807, 2.05) is 27.0 Å². The molecule has 1 heterocycles. The molecule has 1 aromatic heterocycles. The summed E-state index contributed by atoms with van der Waals surface area (Å²) >= 11 is 0. The van der Waals surface area contributed by atoms with Crippen molar-refractivity contribution < 1.29 is 9.15 Å². The van der Waals surface area contributed by atoms with Gasteiger partial charge in [-0.3, -0.25) is 0 Å². The van der Waals surface area contributed by atoms with Gasteiger partial charge in [0, 0.05) is 17.2 Å². The van der Waals surface area contributed by atoms with E-state index in [-0.39, 0.29) is 6.10 Å². The van der Waals surface area contributed by atoms with Gasteiger partial charge >= 0.3 is 0 Å². The smallest absolute Gasteiger partial charge is 0.226 e. The lowest BCUT2D eigenvalue weighted by Crippen LogP contribution is -2.12. The zero-order valence-corrected chi connectivity index (χ0v) is 16.3. The van der Waals surface area contributed by atoms with E-state index in [9.17, 15) is 5.26 Å². The first-order valence-corrected chi connectivity index (χ1v) is 9.57. The summed E-state index contributed by atoms with van der Waals surface area (Å²) in [4.78, 5) is 4.46. The first-order chi connectivity index (χ1) is 13.6. The molecule has 5 heteroatoms. The Hall–Kier alpha value is -3.10. The normalized spacial score (nSPS) is 15.5. The van der Waals surface area contributed by atoms with Gasteiger partial charge in [-0.1, -0.05) is 18.2 Å². The number of benzene rings is 2. The summed E-state index contributed by atoms with van der Waals surface area (Å²) in [6.07, 6.45) is 3.88. The van der Waals surface area contributed by atoms with Gasteiger partial charge in [0.1, 0.15) is 11.8 Å². The molecule has 142 valence electrons. The van der Waals surface area contributed by atoms with Crippen LogP contribution in [0, 0.1) is 11.3 Å². The predicted octanol–water partition coefficient (Wildman–Crippen LogP) is 4.87. The highest BCUT2D eigenvalue weighted by Gasteiger charge is 2.25. The van der Waals surface area contributed by atoms with E-state index < -0.39 is 0 Å². The number of oxazole rings is 1. The molecule has 5 nitrogen and oxygen atoms in total. The zero-order valence-electron chi connectivity index (χ0n) is 16.3. The van der Waals surface area contributed by atoms with Crippen molar-refractivity contribution in [1.82, 2.24) is 10.3 Å². The Kier molecular flexibility index (Phi) is 4.89. The van der Waals surface area contributed by atoms with Crippen molar-refractivity contribution in [2.75, 3.05) is 7.05 Å². The third kappa shape index (κ3) is 3.28. The Morgan fingerprint density at radius 2 is 2.14 bits per heavy atom. The summed E-state index contributed by atoms with van der Waals surface area (Å²) in [5, 5.41) is 12.8. The van der Waals surface area contributed by atoms with Crippen LogP contribution in [-0.2, 0) is 6.42 Å². The van der Waals surface area contributed by atoms with Gasteiger partial charge in [-0.2, -0.15) is 5.26 Å². The minimum absolute atomic E-state index is 0.00732. The van der Waals surface area contributed by atoms with E-state index in [2.05, 4.69) is 34.6 Å². The van der Waals surface area contributed by atoms with Crippen molar-refractivity contribution in [3.63, 3.8) is 0 Å². The van der Waals surface area contributed by atoms with Crippen LogP contribution in [0.15, 0.2) is 47.0 Å². The van der Waals surface area contributed by atoms with Crippen LogP contribution in [-0.4, -0.2) is 18.1 Å². The zero-order chi connectivity index (χ0) is 19.7. The van der Waals surface area contributed by atoms with Crippen LogP contribution >= 0.6 is 0 Å². The molecule has 1 aliphatic carbocycles. The van der Waals surface area contributed by atoms with Crippen LogP contribution in [0.4, 0.5) is 0 Å². The number of nitriles is 1. The molecule has 28 heavy (non-hydrogen) atoms. The third-order valence-corrected chi connectivity index (χ3v) is 5.10. The summed E-state index contributed by atoms with van der Waals surface area (Å²) < 4.78 is 11.8. The fourth-order valence-electron chi connectivity index (χ4n) is 3.82. The molecule has 0 fully saturated rings. The highest BCUT2D eigenvalue weighted by molar-refractivity contribution is 5.68. The van der Waals surface area contributed by atoms with Crippen LogP contribution in [0.2, 0.25) is 0 Å². The van der Waals surface area contributed by atoms with Crippen molar-refractivity contribution in [3.8, 4) is 34.6 Å².